The first-order valence-electron chi connectivity index (χ1n) is 8.25. The first kappa shape index (κ1) is 17.9. The molecule has 132 valence electrons. The monoisotopic (exact) mass is 366 g/mol. The van der Waals surface area contributed by atoms with Crippen molar-refractivity contribution in [3.05, 3.63) is 82.6 Å². The van der Waals surface area contributed by atoms with Crippen molar-refractivity contribution in [2.24, 2.45) is 0 Å². The molecule has 0 fully saturated rings. The first-order chi connectivity index (χ1) is 12.5. The van der Waals surface area contributed by atoms with E-state index in [1.54, 1.807) is 24.4 Å². The number of rotatable bonds is 5. The van der Waals surface area contributed by atoms with E-state index in [0.29, 0.717) is 16.7 Å². The van der Waals surface area contributed by atoms with Crippen LogP contribution < -0.4 is 10.6 Å². The van der Waals surface area contributed by atoms with Crippen LogP contribution in [-0.2, 0) is 0 Å². The van der Waals surface area contributed by atoms with Crippen molar-refractivity contribution < 1.29 is 4.79 Å². The molecular weight excluding hydrogens is 348 g/mol. The molecule has 0 saturated carbocycles. The molecule has 1 heterocycles. The van der Waals surface area contributed by atoms with Crippen LogP contribution in [0.15, 0.2) is 60.8 Å². The Labute approximate surface area is 157 Å². The second kappa shape index (κ2) is 7.97. The maximum atomic E-state index is 12.4. The highest BCUT2D eigenvalue weighted by atomic mass is 35.5. The third-order valence-electron chi connectivity index (χ3n) is 3.96. The van der Waals surface area contributed by atoms with Crippen LogP contribution >= 0.6 is 11.6 Å². The van der Waals surface area contributed by atoms with E-state index in [4.69, 9.17) is 11.6 Å². The number of carbonyl (C=O) groups is 1. The first-order valence-corrected chi connectivity index (χ1v) is 8.63. The Morgan fingerprint density at radius 1 is 1.12 bits per heavy atom. The van der Waals surface area contributed by atoms with Gasteiger partial charge in [-0.05, 0) is 43.2 Å². The predicted molar refractivity (Wildman–Crippen MR) is 105 cm³/mol. The molecule has 5 nitrogen and oxygen atoms in total. The molecule has 1 atom stereocenters. The van der Waals surface area contributed by atoms with Crippen molar-refractivity contribution >= 4 is 29.1 Å². The molecule has 0 aliphatic carbocycles. The lowest BCUT2D eigenvalue weighted by atomic mass is 10.1. The van der Waals surface area contributed by atoms with E-state index in [-0.39, 0.29) is 17.6 Å². The maximum absolute atomic E-state index is 12.4. The van der Waals surface area contributed by atoms with E-state index in [2.05, 4.69) is 20.6 Å². The van der Waals surface area contributed by atoms with E-state index in [1.165, 1.54) is 0 Å². The predicted octanol–water partition coefficient (Wildman–Crippen LogP) is 4.86. The van der Waals surface area contributed by atoms with Gasteiger partial charge in [0, 0.05) is 16.9 Å². The topological polar surface area (TPSA) is 66.9 Å². The Hall–Kier alpha value is -2.92. The van der Waals surface area contributed by atoms with Gasteiger partial charge in [0.1, 0.15) is 5.69 Å². The number of hydrogen-bond donors (Lipinski definition) is 2. The summed E-state index contributed by atoms with van der Waals surface area (Å²) in [7, 11) is 0. The van der Waals surface area contributed by atoms with Crippen LogP contribution in [0.5, 0.6) is 0 Å². The van der Waals surface area contributed by atoms with E-state index in [0.717, 1.165) is 11.1 Å². The summed E-state index contributed by atoms with van der Waals surface area (Å²) in [5.41, 5.74) is 2.96. The van der Waals surface area contributed by atoms with Crippen molar-refractivity contribution in [1.82, 2.24) is 9.97 Å². The molecule has 3 aromatic rings. The summed E-state index contributed by atoms with van der Waals surface area (Å²) >= 11 is 6.10. The van der Waals surface area contributed by atoms with Crippen LogP contribution in [0.25, 0.3) is 0 Å². The zero-order chi connectivity index (χ0) is 18.5. The lowest BCUT2D eigenvalue weighted by Gasteiger charge is -2.14. The van der Waals surface area contributed by atoms with Gasteiger partial charge in [0.25, 0.3) is 5.91 Å². The molecule has 1 amide bonds. The highest BCUT2D eigenvalue weighted by Gasteiger charge is 2.12. The van der Waals surface area contributed by atoms with Crippen LogP contribution in [0, 0.1) is 6.92 Å². The fraction of sp³-hybridized carbons (Fsp3) is 0.150. The molecule has 0 spiro atoms. The number of nitrogens with one attached hydrogen (secondary N) is 2. The minimum absolute atomic E-state index is 0.0189. The summed E-state index contributed by atoms with van der Waals surface area (Å²) in [6, 6.07) is 16.9. The third-order valence-corrected chi connectivity index (χ3v) is 4.37. The van der Waals surface area contributed by atoms with Crippen molar-refractivity contribution in [2.45, 2.75) is 19.9 Å². The summed E-state index contributed by atoms with van der Waals surface area (Å²) in [5, 5.41) is 6.61. The van der Waals surface area contributed by atoms with Gasteiger partial charge >= 0.3 is 0 Å². The minimum Gasteiger partial charge on any atom is -0.348 e. The number of anilines is 2. The Kier molecular flexibility index (Phi) is 5.49. The van der Waals surface area contributed by atoms with E-state index < -0.39 is 0 Å². The van der Waals surface area contributed by atoms with Crippen molar-refractivity contribution in [3.63, 3.8) is 0 Å². The van der Waals surface area contributed by atoms with E-state index in [9.17, 15) is 4.79 Å². The summed E-state index contributed by atoms with van der Waals surface area (Å²) in [4.78, 5) is 20.9. The molecule has 3 rings (SSSR count). The van der Waals surface area contributed by atoms with Gasteiger partial charge in [-0.15, -0.1) is 0 Å². The Balaban J connectivity index is 1.72. The van der Waals surface area contributed by atoms with Gasteiger partial charge in [0.2, 0.25) is 5.95 Å². The fourth-order valence-corrected chi connectivity index (χ4v) is 2.62. The number of amides is 1. The SMILES string of the molecule is Cc1ccc(NC(=O)c2ccnc(NC(C)c3ccccc3)n2)cc1Cl. The number of aryl methyl sites for hydroxylation is 1. The summed E-state index contributed by atoms with van der Waals surface area (Å²) in [6.07, 6.45) is 1.56. The van der Waals surface area contributed by atoms with Gasteiger partial charge in [-0.3, -0.25) is 4.79 Å². The van der Waals surface area contributed by atoms with Gasteiger partial charge < -0.3 is 10.6 Å². The number of benzene rings is 2. The molecule has 6 heteroatoms. The minimum atomic E-state index is -0.317. The summed E-state index contributed by atoms with van der Waals surface area (Å²) < 4.78 is 0. The Bertz CT molecular complexity index is 915. The highest BCUT2D eigenvalue weighted by Crippen LogP contribution is 2.21. The zero-order valence-electron chi connectivity index (χ0n) is 14.5. The number of aromatic nitrogens is 2. The second-order valence-electron chi connectivity index (χ2n) is 5.96. The quantitative estimate of drug-likeness (QED) is 0.676. The maximum Gasteiger partial charge on any atom is 0.274 e. The standard InChI is InChI=1S/C20H19ClN4O/c1-13-8-9-16(12-17(13)21)24-19(26)18-10-11-22-20(25-18)23-14(2)15-6-4-3-5-7-15/h3-12,14H,1-2H3,(H,24,26)(H,22,23,25). The fourth-order valence-electron chi connectivity index (χ4n) is 2.44. The number of hydrogen-bond acceptors (Lipinski definition) is 4. The lowest BCUT2D eigenvalue weighted by Crippen LogP contribution is -2.16. The van der Waals surface area contributed by atoms with Crippen LogP contribution in [-0.4, -0.2) is 15.9 Å². The Morgan fingerprint density at radius 2 is 1.88 bits per heavy atom. The third kappa shape index (κ3) is 4.37. The average molecular weight is 367 g/mol. The van der Waals surface area contributed by atoms with Crippen molar-refractivity contribution in [1.29, 1.82) is 0 Å². The van der Waals surface area contributed by atoms with E-state index in [1.807, 2.05) is 50.2 Å². The van der Waals surface area contributed by atoms with Gasteiger partial charge in [-0.2, -0.15) is 0 Å². The molecule has 0 aliphatic rings. The summed E-state index contributed by atoms with van der Waals surface area (Å²) in [5.74, 6) is 0.0821. The van der Waals surface area contributed by atoms with Gasteiger partial charge in [-0.25, -0.2) is 9.97 Å². The normalized spacial score (nSPS) is 11.7. The van der Waals surface area contributed by atoms with Crippen LogP contribution in [0.3, 0.4) is 0 Å². The average Bonchev–Trinajstić information content (AvgIpc) is 2.65. The molecule has 0 bridgehead atoms. The molecular formula is C20H19ClN4O. The molecule has 1 unspecified atom stereocenters. The molecule has 2 aromatic carbocycles. The molecule has 1 aromatic heterocycles. The number of nitrogens with zero attached hydrogens (tertiary/aromatic N) is 2. The number of carbonyl (C=O) groups excluding carboxylic acids is 1. The zero-order valence-corrected chi connectivity index (χ0v) is 15.3. The summed E-state index contributed by atoms with van der Waals surface area (Å²) in [6.45, 7) is 3.92. The van der Waals surface area contributed by atoms with Crippen molar-refractivity contribution in [2.75, 3.05) is 10.6 Å². The lowest BCUT2D eigenvalue weighted by molar-refractivity contribution is 0.102. The second-order valence-corrected chi connectivity index (χ2v) is 6.37. The smallest absolute Gasteiger partial charge is 0.274 e. The molecule has 0 aliphatic heterocycles. The molecule has 0 radical (unpaired) electrons. The largest absolute Gasteiger partial charge is 0.348 e. The Morgan fingerprint density at radius 3 is 2.62 bits per heavy atom. The molecule has 26 heavy (non-hydrogen) atoms. The van der Waals surface area contributed by atoms with Crippen LogP contribution in [0.4, 0.5) is 11.6 Å². The van der Waals surface area contributed by atoms with Crippen LogP contribution in [0.2, 0.25) is 5.02 Å². The van der Waals surface area contributed by atoms with Gasteiger partial charge in [0.15, 0.2) is 0 Å². The van der Waals surface area contributed by atoms with Gasteiger partial charge in [-0.1, -0.05) is 48.0 Å². The van der Waals surface area contributed by atoms with Gasteiger partial charge in [0.05, 0.1) is 6.04 Å². The highest BCUT2D eigenvalue weighted by molar-refractivity contribution is 6.31. The van der Waals surface area contributed by atoms with Crippen LogP contribution in [0.1, 0.15) is 34.6 Å². The number of halogens is 1. The van der Waals surface area contributed by atoms with E-state index >= 15 is 0 Å². The van der Waals surface area contributed by atoms with Crippen molar-refractivity contribution in [3.8, 4) is 0 Å². The molecule has 2 N–H and O–H groups in total. The molecule has 0 saturated heterocycles.